The second-order valence-electron chi connectivity index (χ2n) is 7.86. The highest BCUT2D eigenvalue weighted by molar-refractivity contribution is 5.80. The van der Waals surface area contributed by atoms with Gasteiger partial charge in [0.15, 0.2) is 5.96 Å². The molecule has 1 aliphatic carbocycles. The van der Waals surface area contributed by atoms with Crippen molar-refractivity contribution in [3.63, 3.8) is 0 Å². The van der Waals surface area contributed by atoms with Gasteiger partial charge in [0, 0.05) is 33.3 Å². The molecule has 1 amide bonds. The molecular formula is C18H34N4O3. The maximum absolute atomic E-state index is 11.9. The van der Waals surface area contributed by atoms with Crippen LogP contribution in [0.3, 0.4) is 0 Å². The van der Waals surface area contributed by atoms with Gasteiger partial charge in [0.1, 0.15) is 5.60 Å². The first kappa shape index (κ1) is 19.8. The Bertz CT molecular complexity index is 450. The van der Waals surface area contributed by atoms with E-state index in [1.54, 1.807) is 11.9 Å². The van der Waals surface area contributed by atoms with Crippen LogP contribution >= 0.6 is 0 Å². The number of nitrogens with zero attached hydrogens (tertiary/aromatic N) is 2. The number of amides is 1. The van der Waals surface area contributed by atoms with E-state index < -0.39 is 5.60 Å². The number of hydrogen-bond acceptors (Lipinski definition) is 4. The van der Waals surface area contributed by atoms with Crippen molar-refractivity contribution >= 4 is 12.1 Å². The van der Waals surface area contributed by atoms with E-state index >= 15 is 0 Å². The highest BCUT2D eigenvalue weighted by Gasteiger charge is 2.34. The first-order valence-corrected chi connectivity index (χ1v) is 9.44. The van der Waals surface area contributed by atoms with E-state index in [4.69, 9.17) is 9.47 Å². The van der Waals surface area contributed by atoms with Gasteiger partial charge in [0.2, 0.25) is 0 Å². The number of hydrogen-bond donors (Lipinski definition) is 2. The third kappa shape index (κ3) is 7.10. The van der Waals surface area contributed by atoms with Crippen molar-refractivity contribution in [2.75, 3.05) is 33.3 Å². The summed E-state index contributed by atoms with van der Waals surface area (Å²) in [6, 6.07) is 0.216. The molecule has 0 unspecified atom stereocenters. The summed E-state index contributed by atoms with van der Waals surface area (Å²) in [5.74, 6) is 0.773. The van der Waals surface area contributed by atoms with Gasteiger partial charge in [0.05, 0.1) is 12.1 Å². The molecule has 2 N–H and O–H groups in total. The van der Waals surface area contributed by atoms with Crippen LogP contribution in [-0.4, -0.2) is 68.0 Å². The molecule has 1 aliphatic heterocycles. The van der Waals surface area contributed by atoms with E-state index in [0.717, 1.165) is 25.5 Å². The lowest BCUT2D eigenvalue weighted by Crippen LogP contribution is -2.63. The lowest BCUT2D eigenvalue weighted by Gasteiger charge is -2.40. The summed E-state index contributed by atoms with van der Waals surface area (Å²) >= 11 is 0. The number of likely N-dealkylation sites (tertiary alicyclic amines) is 1. The van der Waals surface area contributed by atoms with E-state index in [-0.39, 0.29) is 12.1 Å². The summed E-state index contributed by atoms with van der Waals surface area (Å²) in [5.41, 5.74) is -0.451. The fourth-order valence-electron chi connectivity index (χ4n) is 3.02. The van der Waals surface area contributed by atoms with Crippen molar-refractivity contribution in [1.82, 2.24) is 15.5 Å². The van der Waals surface area contributed by atoms with Crippen LogP contribution in [0.5, 0.6) is 0 Å². The Kier molecular flexibility index (Phi) is 7.35. The minimum absolute atomic E-state index is 0.216. The Balaban J connectivity index is 1.54. The summed E-state index contributed by atoms with van der Waals surface area (Å²) in [4.78, 5) is 17.8. The van der Waals surface area contributed by atoms with E-state index in [9.17, 15) is 4.79 Å². The average molecular weight is 354 g/mol. The van der Waals surface area contributed by atoms with Crippen LogP contribution in [0.15, 0.2) is 4.99 Å². The van der Waals surface area contributed by atoms with Gasteiger partial charge < -0.3 is 25.0 Å². The molecule has 2 rings (SSSR count). The van der Waals surface area contributed by atoms with E-state index in [1.165, 1.54) is 25.7 Å². The molecule has 0 bridgehead atoms. The lowest BCUT2D eigenvalue weighted by atomic mass is 10.1. The second-order valence-corrected chi connectivity index (χ2v) is 7.86. The van der Waals surface area contributed by atoms with Gasteiger partial charge in [-0.25, -0.2) is 4.79 Å². The fraction of sp³-hybridized carbons (Fsp3) is 0.889. The Labute approximate surface area is 151 Å². The standard InChI is InChI=1S/C18H34N4O3/c1-18(2,3)25-17(23)22-12-14(13-22)21-16(19-4)20-10-7-11-24-15-8-5-6-9-15/h14-15H,5-13H2,1-4H3,(H2,19,20,21). The minimum atomic E-state index is -0.451. The molecule has 0 radical (unpaired) electrons. The van der Waals surface area contributed by atoms with Gasteiger partial charge in [-0.3, -0.25) is 4.99 Å². The summed E-state index contributed by atoms with van der Waals surface area (Å²) in [6.07, 6.45) is 6.23. The zero-order chi connectivity index (χ0) is 18.3. The molecule has 0 aromatic carbocycles. The topological polar surface area (TPSA) is 75.2 Å². The molecule has 2 fully saturated rings. The van der Waals surface area contributed by atoms with Crippen molar-refractivity contribution in [3.05, 3.63) is 0 Å². The molecule has 144 valence electrons. The number of guanidine groups is 1. The number of ether oxygens (including phenoxy) is 2. The number of aliphatic imine (C=N–C) groups is 1. The molecule has 0 aromatic heterocycles. The first-order chi connectivity index (χ1) is 11.9. The number of carbonyl (C=O) groups is 1. The number of rotatable bonds is 6. The molecule has 0 spiro atoms. The van der Waals surface area contributed by atoms with Gasteiger partial charge in [-0.1, -0.05) is 12.8 Å². The van der Waals surface area contributed by atoms with Crippen LogP contribution in [0.1, 0.15) is 52.9 Å². The summed E-state index contributed by atoms with van der Waals surface area (Å²) in [7, 11) is 1.76. The minimum Gasteiger partial charge on any atom is -0.444 e. The van der Waals surface area contributed by atoms with E-state index in [2.05, 4.69) is 15.6 Å². The molecule has 0 atom stereocenters. The van der Waals surface area contributed by atoms with Crippen LogP contribution < -0.4 is 10.6 Å². The van der Waals surface area contributed by atoms with Crippen LogP contribution in [0.4, 0.5) is 4.79 Å². The van der Waals surface area contributed by atoms with Crippen molar-refractivity contribution in [3.8, 4) is 0 Å². The fourth-order valence-corrected chi connectivity index (χ4v) is 3.02. The second kappa shape index (κ2) is 9.27. The van der Waals surface area contributed by atoms with Gasteiger partial charge in [-0.05, 0) is 40.0 Å². The Morgan fingerprint density at radius 3 is 2.52 bits per heavy atom. The van der Waals surface area contributed by atoms with Gasteiger partial charge >= 0.3 is 6.09 Å². The van der Waals surface area contributed by atoms with Crippen molar-refractivity contribution in [2.45, 2.75) is 70.6 Å². The van der Waals surface area contributed by atoms with Crippen LogP contribution in [0.2, 0.25) is 0 Å². The zero-order valence-corrected chi connectivity index (χ0v) is 16.1. The van der Waals surface area contributed by atoms with Gasteiger partial charge in [-0.2, -0.15) is 0 Å². The average Bonchev–Trinajstić information content (AvgIpc) is 2.99. The molecule has 0 aromatic rings. The molecule has 1 saturated carbocycles. The third-order valence-electron chi connectivity index (χ3n) is 4.37. The quantitative estimate of drug-likeness (QED) is 0.434. The normalized spacial score (nSPS) is 19.7. The van der Waals surface area contributed by atoms with Crippen molar-refractivity contribution in [1.29, 1.82) is 0 Å². The summed E-state index contributed by atoms with van der Waals surface area (Å²) < 4.78 is 11.2. The molecule has 7 nitrogen and oxygen atoms in total. The Hall–Kier alpha value is -1.50. The van der Waals surface area contributed by atoms with Crippen molar-refractivity contribution in [2.24, 2.45) is 4.99 Å². The lowest BCUT2D eigenvalue weighted by molar-refractivity contribution is 0.00699. The number of nitrogens with one attached hydrogen (secondary N) is 2. The van der Waals surface area contributed by atoms with Crippen molar-refractivity contribution < 1.29 is 14.3 Å². The van der Waals surface area contributed by atoms with Crippen LogP contribution in [0, 0.1) is 0 Å². The monoisotopic (exact) mass is 354 g/mol. The summed E-state index contributed by atoms with van der Waals surface area (Å²) in [5, 5.41) is 6.63. The van der Waals surface area contributed by atoms with Crippen LogP contribution in [0.25, 0.3) is 0 Å². The SMILES string of the molecule is CN=C(NCCCOC1CCCC1)NC1CN(C(=O)OC(C)(C)C)C1. The van der Waals surface area contributed by atoms with Crippen LogP contribution in [-0.2, 0) is 9.47 Å². The maximum Gasteiger partial charge on any atom is 0.410 e. The molecule has 1 heterocycles. The predicted molar refractivity (Wildman–Crippen MR) is 98.9 cm³/mol. The highest BCUT2D eigenvalue weighted by atomic mass is 16.6. The summed E-state index contributed by atoms with van der Waals surface area (Å²) in [6.45, 7) is 8.54. The number of carbonyl (C=O) groups excluding carboxylic acids is 1. The largest absolute Gasteiger partial charge is 0.444 e. The zero-order valence-electron chi connectivity index (χ0n) is 16.1. The third-order valence-corrected chi connectivity index (χ3v) is 4.37. The molecule has 1 saturated heterocycles. The van der Waals surface area contributed by atoms with E-state index in [1.807, 2.05) is 20.8 Å². The first-order valence-electron chi connectivity index (χ1n) is 9.44. The van der Waals surface area contributed by atoms with Gasteiger partial charge in [0.25, 0.3) is 0 Å². The Morgan fingerprint density at radius 1 is 1.24 bits per heavy atom. The van der Waals surface area contributed by atoms with Gasteiger partial charge in [-0.15, -0.1) is 0 Å². The molecule has 7 heteroatoms. The highest BCUT2D eigenvalue weighted by Crippen LogP contribution is 2.20. The molecule has 2 aliphatic rings. The molecule has 25 heavy (non-hydrogen) atoms. The maximum atomic E-state index is 11.9. The van der Waals surface area contributed by atoms with E-state index in [0.29, 0.717) is 19.2 Å². The Morgan fingerprint density at radius 2 is 1.92 bits per heavy atom. The smallest absolute Gasteiger partial charge is 0.410 e. The predicted octanol–water partition coefficient (Wildman–Crippen LogP) is 2.12. The molecular weight excluding hydrogens is 320 g/mol.